The van der Waals surface area contributed by atoms with Crippen molar-refractivity contribution in [3.8, 4) is 0 Å². The van der Waals surface area contributed by atoms with Crippen LogP contribution in [0.1, 0.15) is 49.5 Å². The van der Waals surface area contributed by atoms with Crippen LogP contribution in [-0.4, -0.2) is 27.1 Å². The molecule has 5 nitrogen and oxygen atoms in total. The zero-order valence-electron chi connectivity index (χ0n) is 9.85. The number of carbonyl (C=O) groups is 1. The van der Waals surface area contributed by atoms with Gasteiger partial charge in [0.2, 0.25) is 0 Å². The van der Waals surface area contributed by atoms with Crippen molar-refractivity contribution in [1.29, 1.82) is 0 Å². The van der Waals surface area contributed by atoms with Crippen LogP contribution in [0.15, 0.2) is 6.20 Å². The van der Waals surface area contributed by atoms with E-state index in [0.717, 1.165) is 11.5 Å². The quantitative estimate of drug-likeness (QED) is 0.738. The van der Waals surface area contributed by atoms with Crippen molar-refractivity contribution < 1.29 is 9.90 Å². The zero-order chi connectivity index (χ0) is 12.3. The van der Waals surface area contributed by atoms with Gasteiger partial charge in [-0.15, -0.1) is 0 Å². The first-order chi connectivity index (χ1) is 8.16. The maximum absolute atomic E-state index is 10.7. The van der Waals surface area contributed by atoms with Gasteiger partial charge in [-0.05, 0) is 12.8 Å². The molecule has 4 N–H and O–H groups in total. The van der Waals surface area contributed by atoms with Gasteiger partial charge in [-0.3, -0.25) is 4.79 Å². The van der Waals surface area contributed by atoms with Crippen LogP contribution in [0, 0.1) is 0 Å². The van der Waals surface area contributed by atoms with Gasteiger partial charge < -0.3 is 15.8 Å². The van der Waals surface area contributed by atoms with Crippen molar-refractivity contribution in [3.05, 3.63) is 17.7 Å². The van der Waals surface area contributed by atoms with E-state index in [0.29, 0.717) is 12.3 Å². The predicted octanol–water partition coefficient (Wildman–Crippen LogP) is 1.41. The Bertz CT molecular complexity index is 383. The van der Waals surface area contributed by atoms with E-state index in [2.05, 4.69) is 9.97 Å². The van der Waals surface area contributed by atoms with Crippen LogP contribution in [0.5, 0.6) is 0 Å². The second-order valence-corrected chi connectivity index (χ2v) is 4.78. The number of hydrogen-bond donors (Lipinski definition) is 3. The molecule has 0 aromatic carbocycles. The minimum atomic E-state index is -0.973. The van der Waals surface area contributed by atoms with Crippen LogP contribution in [0.4, 0.5) is 0 Å². The van der Waals surface area contributed by atoms with Gasteiger partial charge in [-0.2, -0.15) is 0 Å². The number of aliphatic carboxylic acids is 1. The molecule has 1 aromatic heterocycles. The highest BCUT2D eigenvalue weighted by atomic mass is 16.4. The molecule has 0 radical (unpaired) electrons. The Labute approximate surface area is 100 Å². The standard InChI is InChI=1S/C12H19N3O2/c13-10(12(16)17)6-9-7-14-11(15-9)8-4-2-1-3-5-8/h7-8,10H,1-6,13H2,(H,14,15)(H,16,17). The Morgan fingerprint density at radius 3 is 2.88 bits per heavy atom. The molecule has 94 valence electrons. The Kier molecular flexibility index (Phi) is 3.78. The van der Waals surface area contributed by atoms with E-state index >= 15 is 0 Å². The Morgan fingerprint density at radius 1 is 1.53 bits per heavy atom. The normalized spacial score (nSPS) is 19.1. The van der Waals surface area contributed by atoms with Gasteiger partial charge in [0.05, 0.1) is 0 Å². The second kappa shape index (κ2) is 5.31. The molecule has 1 aliphatic rings. The first kappa shape index (κ1) is 12.1. The third-order valence-corrected chi connectivity index (χ3v) is 3.40. The van der Waals surface area contributed by atoms with Crippen molar-refractivity contribution in [2.75, 3.05) is 0 Å². The number of imidazole rings is 1. The number of nitrogens with two attached hydrogens (primary N) is 1. The summed E-state index contributed by atoms with van der Waals surface area (Å²) < 4.78 is 0. The lowest BCUT2D eigenvalue weighted by Crippen LogP contribution is -2.32. The fourth-order valence-corrected chi connectivity index (χ4v) is 2.39. The van der Waals surface area contributed by atoms with Gasteiger partial charge in [0.15, 0.2) is 0 Å². The van der Waals surface area contributed by atoms with Crippen molar-refractivity contribution in [1.82, 2.24) is 9.97 Å². The highest BCUT2D eigenvalue weighted by Gasteiger charge is 2.19. The number of H-pyrrole nitrogens is 1. The van der Waals surface area contributed by atoms with Crippen LogP contribution in [-0.2, 0) is 11.2 Å². The number of nitrogens with one attached hydrogen (secondary N) is 1. The number of carboxylic acid groups (broad SMARTS) is 1. The van der Waals surface area contributed by atoms with E-state index in [-0.39, 0.29) is 0 Å². The van der Waals surface area contributed by atoms with Crippen molar-refractivity contribution in [3.63, 3.8) is 0 Å². The van der Waals surface area contributed by atoms with E-state index in [4.69, 9.17) is 10.8 Å². The number of aromatic nitrogens is 2. The van der Waals surface area contributed by atoms with Gasteiger partial charge in [-0.1, -0.05) is 19.3 Å². The fraction of sp³-hybridized carbons (Fsp3) is 0.667. The molecule has 1 aliphatic carbocycles. The zero-order valence-corrected chi connectivity index (χ0v) is 9.85. The van der Waals surface area contributed by atoms with E-state index in [1.54, 1.807) is 6.20 Å². The maximum atomic E-state index is 10.7. The summed E-state index contributed by atoms with van der Waals surface area (Å²) in [5.74, 6) is 0.537. The summed E-state index contributed by atoms with van der Waals surface area (Å²) in [7, 11) is 0. The molecule has 1 saturated carbocycles. The number of aromatic amines is 1. The molecule has 0 spiro atoms. The van der Waals surface area contributed by atoms with Crippen LogP contribution < -0.4 is 5.73 Å². The van der Waals surface area contributed by atoms with Gasteiger partial charge in [0.25, 0.3) is 0 Å². The average Bonchev–Trinajstić information content (AvgIpc) is 2.78. The molecule has 1 heterocycles. The first-order valence-electron chi connectivity index (χ1n) is 6.19. The van der Waals surface area contributed by atoms with Crippen molar-refractivity contribution in [2.45, 2.75) is 50.5 Å². The van der Waals surface area contributed by atoms with Gasteiger partial charge >= 0.3 is 5.97 Å². The lowest BCUT2D eigenvalue weighted by atomic mass is 9.89. The third kappa shape index (κ3) is 3.06. The number of rotatable bonds is 4. The largest absolute Gasteiger partial charge is 0.480 e. The molecule has 1 atom stereocenters. The maximum Gasteiger partial charge on any atom is 0.320 e. The average molecular weight is 237 g/mol. The minimum absolute atomic E-state index is 0.315. The number of carboxylic acids is 1. The van der Waals surface area contributed by atoms with E-state index in [1.165, 1.54) is 32.1 Å². The molecular formula is C12H19N3O2. The molecule has 1 aromatic rings. The van der Waals surface area contributed by atoms with Crippen LogP contribution in [0.3, 0.4) is 0 Å². The monoisotopic (exact) mass is 237 g/mol. The van der Waals surface area contributed by atoms with E-state index < -0.39 is 12.0 Å². The Morgan fingerprint density at radius 2 is 2.24 bits per heavy atom. The molecule has 0 saturated heterocycles. The third-order valence-electron chi connectivity index (χ3n) is 3.40. The molecule has 0 amide bonds. The lowest BCUT2D eigenvalue weighted by Gasteiger charge is -2.19. The Balaban J connectivity index is 1.97. The highest BCUT2D eigenvalue weighted by molar-refractivity contribution is 5.73. The number of hydrogen-bond acceptors (Lipinski definition) is 3. The Hall–Kier alpha value is -1.36. The molecule has 2 rings (SSSR count). The summed E-state index contributed by atoms with van der Waals surface area (Å²) in [6.45, 7) is 0. The van der Waals surface area contributed by atoms with E-state index in [9.17, 15) is 4.79 Å². The fourth-order valence-electron chi connectivity index (χ4n) is 2.39. The molecule has 5 heteroatoms. The summed E-state index contributed by atoms with van der Waals surface area (Å²) in [6, 6.07) is -0.852. The highest BCUT2D eigenvalue weighted by Crippen LogP contribution is 2.30. The molecule has 1 unspecified atom stereocenters. The predicted molar refractivity (Wildman–Crippen MR) is 63.7 cm³/mol. The molecular weight excluding hydrogens is 218 g/mol. The smallest absolute Gasteiger partial charge is 0.320 e. The van der Waals surface area contributed by atoms with Gasteiger partial charge in [0, 0.05) is 24.2 Å². The first-order valence-corrected chi connectivity index (χ1v) is 6.19. The molecule has 17 heavy (non-hydrogen) atoms. The topological polar surface area (TPSA) is 92.0 Å². The molecule has 0 aliphatic heterocycles. The van der Waals surface area contributed by atoms with Crippen LogP contribution >= 0.6 is 0 Å². The lowest BCUT2D eigenvalue weighted by molar-refractivity contribution is -0.138. The van der Waals surface area contributed by atoms with Gasteiger partial charge in [0.1, 0.15) is 11.9 Å². The van der Waals surface area contributed by atoms with Crippen LogP contribution in [0.25, 0.3) is 0 Å². The summed E-state index contributed by atoms with van der Waals surface area (Å²) in [4.78, 5) is 18.2. The molecule has 0 bridgehead atoms. The van der Waals surface area contributed by atoms with E-state index in [1.807, 2.05) is 0 Å². The summed E-state index contributed by atoms with van der Waals surface area (Å²) in [5.41, 5.74) is 6.31. The minimum Gasteiger partial charge on any atom is -0.480 e. The molecule has 1 fully saturated rings. The summed E-state index contributed by atoms with van der Waals surface area (Å²) >= 11 is 0. The number of nitrogens with zero attached hydrogens (tertiary/aromatic N) is 1. The second-order valence-electron chi connectivity index (χ2n) is 4.78. The van der Waals surface area contributed by atoms with Crippen molar-refractivity contribution >= 4 is 5.97 Å². The SMILES string of the molecule is NC(Cc1cnc(C2CCCCC2)[nH]1)C(=O)O. The van der Waals surface area contributed by atoms with Crippen molar-refractivity contribution in [2.24, 2.45) is 5.73 Å². The summed E-state index contributed by atoms with van der Waals surface area (Å²) in [5, 5.41) is 8.74. The summed E-state index contributed by atoms with van der Waals surface area (Å²) in [6.07, 6.45) is 8.22. The van der Waals surface area contributed by atoms with Gasteiger partial charge in [-0.25, -0.2) is 4.98 Å². The van der Waals surface area contributed by atoms with Crippen LogP contribution in [0.2, 0.25) is 0 Å².